The van der Waals surface area contributed by atoms with Gasteiger partial charge in [0.1, 0.15) is 5.60 Å². The summed E-state index contributed by atoms with van der Waals surface area (Å²) in [6.07, 6.45) is 1.00. The maximum absolute atomic E-state index is 11.8. The van der Waals surface area contributed by atoms with E-state index in [2.05, 4.69) is 12.2 Å². The number of carbonyl (C=O) groups excluding carboxylic acids is 1. The largest absolute Gasteiger partial charge is 0.444 e. The standard InChI is InChI=1S/C12H22N2O2/c1-9-12(5-6-13-9)7-14(8-12)10(15)16-11(2,3)4/h9,13H,5-8H2,1-4H3/t9-/m0/s1. The predicted molar refractivity (Wildman–Crippen MR) is 62.3 cm³/mol. The SMILES string of the molecule is C[C@@H]1NCCC12CN(C(=O)OC(C)(C)C)C2. The molecule has 2 aliphatic heterocycles. The highest BCUT2D eigenvalue weighted by atomic mass is 16.6. The van der Waals surface area contributed by atoms with Crippen molar-refractivity contribution in [3.63, 3.8) is 0 Å². The fraction of sp³-hybridized carbons (Fsp3) is 0.917. The first kappa shape index (κ1) is 11.7. The van der Waals surface area contributed by atoms with Crippen molar-refractivity contribution >= 4 is 6.09 Å². The number of ether oxygens (including phenoxy) is 1. The lowest BCUT2D eigenvalue weighted by atomic mass is 9.74. The van der Waals surface area contributed by atoms with Crippen molar-refractivity contribution in [3.8, 4) is 0 Å². The van der Waals surface area contributed by atoms with Gasteiger partial charge in [0, 0.05) is 24.5 Å². The Hall–Kier alpha value is -0.770. The molecule has 0 aromatic rings. The minimum atomic E-state index is -0.390. The molecule has 1 N–H and O–H groups in total. The third-order valence-electron chi connectivity index (χ3n) is 3.66. The number of nitrogens with zero attached hydrogens (tertiary/aromatic N) is 1. The van der Waals surface area contributed by atoms with Crippen LogP contribution < -0.4 is 5.32 Å². The molecular formula is C12H22N2O2. The lowest BCUT2D eigenvalue weighted by molar-refractivity contribution is -0.0367. The van der Waals surface area contributed by atoms with Crippen LogP contribution in [-0.4, -0.2) is 42.3 Å². The summed E-state index contributed by atoms with van der Waals surface area (Å²) >= 11 is 0. The third kappa shape index (κ3) is 2.03. The monoisotopic (exact) mass is 226 g/mol. The number of nitrogens with one attached hydrogen (secondary N) is 1. The quantitative estimate of drug-likeness (QED) is 0.682. The fourth-order valence-corrected chi connectivity index (χ4v) is 2.57. The van der Waals surface area contributed by atoms with Crippen LogP contribution in [0.4, 0.5) is 4.79 Å². The van der Waals surface area contributed by atoms with Gasteiger partial charge < -0.3 is 15.0 Å². The van der Waals surface area contributed by atoms with Gasteiger partial charge in [-0.05, 0) is 40.7 Å². The number of hydrogen-bond donors (Lipinski definition) is 1. The second-order valence-corrected chi connectivity index (χ2v) is 6.12. The number of carbonyl (C=O) groups is 1. The normalized spacial score (nSPS) is 28.0. The van der Waals surface area contributed by atoms with E-state index >= 15 is 0 Å². The van der Waals surface area contributed by atoms with E-state index in [1.807, 2.05) is 25.7 Å². The number of likely N-dealkylation sites (tertiary alicyclic amines) is 1. The first-order chi connectivity index (χ1) is 7.32. The number of hydrogen-bond acceptors (Lipinski definition) is 3. The summed E-state index contributed by atoms with van der Waals surface area (Å²) in [5.74, 6) is 0. The summed E-state index contributed by atoms with van der Waals surface area (Å²) in [4.78, 5) is 13.6. The van der Waals surface area contributed by atoms with Crippen molar-refractivity contribution in [1.29, 1.82) is 0 Å². The van der Waals surface area contributed by atoms with Crippen molar-refractivity contribution in [2.75, 3.05) is 19.6 Å². The van der Waals surface area contributed by atoms with Gasteiger partial charge in [-0.1, -0.05) is 0 Å². The molecule has 16 heavy (non-hydrogen) atoms. The smallest absolute Gasteiger partial charge is 0.410 e. The average Bonchev–Trinajstić information content (AvgIpc) is 2.40. The highest BCUT2D eigenvalue weighted by Gasteiger charge is 2.51. The van der Waals surface area contributed by atoms with Crippen molar-refractivity contribution in [2.45, 2.75) is 45.8 Å². The molecule has 2 rings (SSSR count). The summed E-state index contributed by atoms with van der Waals surface area (Å²) in [6, 6.07) is 0.520. The van der Waals surface area contributed by atoms with Gasteiger partial charge in [0.25, 0.3) is 0 Å². The van der Waals surface area contributed by atoms with Gasteiger partial charge in [0.05, 0.1) is 0 Å². The molecule has 4 heteroatoms. The lowest BCUT2D eigenvalue weighted by Gasteiger charge is -2.50. The molecule has 92 valence electrons. The van der Waals surface area contributed by atoms with Gasteiger partial charge in [0.15, 0.2) is 0 Å². The van der Waals surface area contributed by atoms with E-state index in [9.17, 15) is 4.79 Å². The molecule has 0 aromatic heterocycles. The van der Waals surface area contributed by atoms with E-state index in [-0.39, 0.29) is 11.7 Å². The third-order valence-corrected chi connectivity index (χ3v) is 3.66. The van der Waals surface area contributed by atoms with Gasteiger partial charge in [-0.25, -0.2) is 4.79 Å². The van der Waals surface area contributed by atoms with Crippen LogP contribution in [0.5, 0.6) is 0 Å². The number of rotatable bonds is 0. The first-order valence-corrected chi connectivity index (χ1v) is 6.04. The topological polar surface area (TPSA) is 41.6 Å². The lowest BCUT2D eigenvalue weighted by Crippen LogP contribution is -2.62. The van der Waals surface area contributed by atoms with Crippen molar-refractivity contribution in [3.05, 3.63) is 0 Å². The minimum absolute atomic E-state index is 0.169. The Kier molecular flexibility index (Phi) is 2.65. The molecule has 1 spiro atoms. The van der Waals surface area contributed by atoms with E-state index in [1.165, 1.54) is 6.42 Å². The summed E-state index contributed by atoms with van der Waals surface area (Å²) in [5.41, 5.74) is -0.0731. The molecule has 4 nitrogen and oxygen atoms in total. The molecule has 2 aliphatic rings. The molecule has 1 amide bonds. The Morgan fingerprint density at radius 1 is 1.44 bits per heavy atom. The van der Waals surface area contributed by atoms with Gasteiger partial charge in [-0.3, -0.25) is 0 Å². The Morgan fingerprint density at radius 3 is 2.50 bits per heavy atom. The summed E-state index contributed by atoms with van der Waals surface area (Å²) < 4.78 is 5.35. The highest BCUT2D eigenvalue weighted by Crippen LogP contribution is 2.40. The Morgan fingerprint density at radius 2 is 2.06 bits per heavy atom. The molecule has 2 fully saturated rings. The molecular weight excluding hydrogens is 204 g/mol. The Balaban J connectivity index is 1.86. The number of amides is 1. The maximum atomic E-state index is 11.8. The zero-order valence-electron chi connectivity index (χ0n) is 10.7. The van der Waals surface area contributed by atoms with Crippen LogP contribution in [0.25, 0.3) is 0 Å². The molecule has 0 bridgehead atoms. The van der Waals surface area contributed by atoms with Gasteiger partial charge >= 0.3 is 6.09 Å². The van der Waals surface area contributed by atoms with E-state index in [0.717, 1.165) is 19.6 Å². The zero-order chi connectivity index (χ0) is 12.0. The van der Waals surface area contributed by atoms with Crippen LogP contribution in [0.3, 0.4) is 0 Å². The molecule has 0 unspecified atom stereocenters. The van der Waals surface area contributed by atoms with E-state index in [4.69, 9.17) is 4.74 Å². The molecule has 2 saturated heterocycles. The average molecular weight is 226 g/mol. The van der Waals surface area contributed by atoms with Crippen LogP contribution in [0.2, 0.25) is 0 Å². The van der Waals surface area contributed by atoms with E-state index in [0.29, 0.717) is 11.5 Å². The molecule has 0 radical (unpaired) electrons. The summed E-state index contributed by atoms with van der Waals surface area (Å²) in [5, 5.41) is 3.44. The van der Waals surface area contributed by atoms with E-state index in [1.54, 1.807) is 0 Å². The van der Waals surface area contributed by atoms with Gasteiger partial charge in [0.2, 0.25) is 0 Å². The molecule has 0 aromatic carbocycles. The van der Waals surface area contributed by atoms with Gasteiger partial charge in [-0.15, -0.1) is 0 Å². The second kappa shape index (κ2) is 3.62. The molecule has 2 heterocycles. The van der Waals surface area contributed by atoms with Crippen LogP contribution in [0.15, 0.2) is 0 Å². The van der Waals surface area contributed by atoms with Crippen molar-refractivity contribution in [1.82, 2.24) is 10.2 Å². The highest BCUT2D eigenvalue weighted by molar-refractivity contribution is 5.69. The zero-order valence-corrected chi connectivity index (χ0v) is 10.7. The first-order valence-electron chi connectivity index (χ1n) is 6.04. The molecule has 1 atom stereocenters. The second-order valence-electron chi connectivity index (χ2n) is 6.12. The van der Waals surface area contributed by atoms with Crippen molar-refractivity contribution in [2.24, 2.45) is 5.41 Å². The summed E-state index contributed by atoms with van der Waals surface area (Å²) in [6.45, 7) is 10.7. The Bertz CT molecular complexity index is 290. The van der Waals surface area contributed by atoms with Crippen LogP contribution >= 0.6 is 0 Å². The van der Waals surface area contributed by atoms with Crippen LogP contribution in [0.1, 0.15) is 34.1 Å². The van der Waals surface area contributed by atoms with Gasteiger partial charge in [-0.2, -0.15) is 0 Å². The fourth-order valence-electron chi connectivity index (χ4n) is 2.57. The molecule has 0 saturated carbocycles. The molecule has 0 aliphatic carbocycles. The minimum Gasteiger partial charge on any atom is -0.444 e. The maximum Gasteiger partial charge on any atom is 0.410 e. The van der Waals surface area contributed by atoms with Crippen molar-refractivity contribution < 1.29 is 9.53 Å². The predicted octanol–water partition coefficient (Wildman–Crippen LogP) is 1.61. The Labute approximate surface area is 97.3 Å². The van der Waals surface area contributed by atoms with E-state index < -0.39 is 0 Å². The van der Waals surface area contributed by atoms with Crippen LogP contribution in [-0.2, 0) is 4.74 Å². The summed E-state index contributed by atoms with van der Waals surface area (Å²) in [7, 11) is 0. The van der Waals surface area contributed by atoms with Crippen LogP contribution in [0, 0.1) is 5.41 Å².